The first kappa shape index (κ1) is 9.82. The predicted octanol–water partition coefficient (Wildman–Crippen LogP) is -2.24. The summed E-state index contributed by atoms with van der Waals surface area (Å²) in [4.78, 5) is 0. The molecule has 4 N–H and O–H groups in total. The van der Waals surface area contributed by atoms with Gasteiger partial charge in [-0.05, 0) is 0 Å². The lowest BCUT2D eigenvalue weighted by Crippen LogP contribution is -2.56. The van der Waals surface area contributed by atoms with Crippen LogP contribution in [0.5, 0.6) is 0 Å². The third-order valence-corrected chi connectivity index (χ3v) is 1.82. The Kier molecular flexibility index (Phi) is 2.97. The van der Waals surface area contributed by atoms with Crippen molar-refractivity contribution < 1.29 is 29.6 Å². The normalized spacial score (nSPS) is 49.2. The van der Waals surface area contributed by atoms with E-state index < -0.39 is 37.4 Å². The summed E-state index contributed by atoms with van der Waals surface area (Å²) < 4.78 is 17.3. The Morgan fingerprint density at radius 3 is 2.25 bits per heavy atom. The van der Waals surface area contributed by atoms with Gasteiger partial charge in [0.2, 0.25) is 0 Å². The van der Waals surface area contributed by atoms with Crippen molar-refractivity contribution in [3.63, 3.8) is 0 Å². The van der Waals surface area contributed by atoms with Gasteiger partial charge in [0.1, 0.15) is 18.3 Å². The number of hydrogen-bond donors (Lipinski definition) is 4. The maximum Gasteiger partial charge on any atom is 0.184 e. The van der Waals surface area contributed by atoms with E-state index in [1.54, 1.807) is 0 Å². The number of aliphatic hydroxyl groups excluding tert-OH is 4. The van der Waals surface area contributed by atoms with E-state index >= 15 is 0 Å². The lowest BCUT2D eigenvalue weighted by molar-refractivity contribution is -0.274. The van der Waals surface area contributed by atoms with Crippen LogP contribution in [0.2, 0.25) is 0 Å². The van der Waals surface area contributed by atoms with Crippen LogP contribution in [-0.2, 0) is 4.74 Å². The average Bonchev–Trinajstić information content (AvgIpc) is 2.08. The summed E-state index contributed by atoms with van der Waals surface area (Å²) in [7, 11) is 0. The quantitative estimate of drug-likeness (QED) is 0.368. The van der Waals surface area contributed by atoms with Gasteiger partial charge in [0, 0.05) is 0 Å². The molecular weight excluding hydrogens is 171 g/mol. The second-order valence-corrected chi connectivity index (χ2v) is 2.67. The maximum atomic E-state index is 12.9. The maximum absolute atomic E-state index is 12.9. The molecule has 1 heterocycles. The van der Waals surface area contributed by atoms with Crippen molar-refractivity contribution in [3.05, 3.63) is 0 Å². The van der Waals surface area contributed by atoms with E-state index in [1.807, 2.05) is 0 Å². The van der Waals surface area contributed by atoms with E-state index in [-0.39, 0.29) is 0 Å². The molecule has 1 aliphatic heterocycles. The van der Waals surface area contributed by atoms with Crippen LogP contribution in [0.15, 0.2) is 0 Å². The molecule has 1 rings (SSSR count). The molecule has 1 aliphatic rings. The molecule has 0 aromatic heterocycles. The molecule has 5 nitrogen and oxygen atoms in total. The summed E-state index contributed by atoms with van der Waals surface area (Å²) in [5.74, 6) is 0. The largest absolute Gasteiger partial charge is 0.394 e. The Hall–Kier alpha value is -0.270. The first-order valence-electron chi connectivity index (χ1n) is 3.52. The van der Waals surface area contributed by atoms with Crippen LogP contribution in [0.3, 0.4) is 0 Å². The zero-order valence-corrected chi connectivity index (χ0v) is 6.17. The van der Waals surface area contributed by atoms with Crippen molar-refractivity contribution >= 4 is 0 Å². The molecule has 0 aliphatic carbocycles. The number of halogens is 1. The summed E-state index contributed by atoms with van der Waals surface area (Å²) in [6, 6.07) is 0. The molecule has 2 unspecified atom stereocenters. The monoisotopic (exact) mass is 182 g/mol. The van der Waals surface area contributed by atoms with Gasteiger partial charge in [-0.15, -0.1) is 0 Å². The lowest BCUT2D eigenvalue weighted by Gasteiger charge is -2.36. The van der Waals surface area contributed by atoms with E-state index in [2.05, 4.69) is 4.74 Å². The van der Waals surface area contributed by atoms with Gasteiger partial charge in [-0.25, -0.2) is 4.39 Å². The van der Waals surface area contributed by atoms with Crippen molar-refractivity contribution in [1.29, 1.82) is 0 Å². The number of alkyl halides is 1. The van der Waals surface area contributed by atoms with E-state index in [0.29, 0.717) is 0 Å². The first-order valence-corrected chi connectivity index (χ1v) is 3.52. The third kappa shape index (κ3) is 1.57. The van der Waals surface area contributed by atoms with Gasteiger partial charge in [0.25, 0.3) is 0 Å². The van der Waals surface area contributed by atoms with Crippen molar-refractivity contribution in [2.75, 3.05) is 6.61 Å². The molecule has 5 atom stereocenters. The molecule has 6 heteroatoms. The Morgan fingerprint density at radius 2 is 1.75 bits per heavy atom. The predicted molar refractivity (Wildman–Crippen MR) is 34.9 cm³/mol. The number of rotatable bonds is 1. The molecule has 0 aromatic rings. The van der Waals surface area contributed by atoms with Crippen LogP contribution in [-0.4, -0.2) is 57.8 Å². The Bertz CT molecular complexity index is 150. The molecule has 0 radical (unpaired) electrons. The molecular formula is C6H11FO5. The van der Waals surface area contributed by atoms with Gasteiger partial charge in [-0.2, -0.15) is 0 Å². The highest BCUT2D eigenvalue weighted by Gasteiger charge is 2.43. The van der Waals surface area contributed by atoms with Crippen molar-refractivity contribution in [2.45, 2.75) is 30.8 Å². The zero-order valence-electron chi connectivity index (χ0n) is 6.17. The number of ether oxygens (including phenoxy) is 1. The van der Waals surface area contributed by atoms with Gasteiger partial charge in [0.05, 0.1) is 6.61 Å². The summed E-state index contributed by atoms with van der Waals surface area (Å²) in [5.41, 5.74) is 0. The first-order chi connectivity index (χ1) is 5.57. The smallest absolute Gasteiger partial charge is 0.184 e. The second kappa shape index (κ2) is 3.63. The molecule has 1 fully saturated rings. The minimum absolute atomic E-state index is 0.651. The van der Waals surface area contributed by atoms with Crippen molar-refractivity contribution in [2.24, 2.45) is 0 Å². The van der Waals surface area contributed by atoms with Gasteiger partial charge >= 0.3 is 0 Å². The Morgan fingerprint density at radius 1 is 1.17 bits per heavy atom. The van der Waals surface area contributed by atoms with E-state index in [1.165, 1.54) is 0 Å². The second-order valence-electron chi connectivity index (χ2n) is 2.67. The third-order valence-electron chi connectivity index (χ3n) is 1.82. The molecule has 0 aromatic carbocycles. The molecule has 0 bridgehead atoms. The molecule has 72 valence electrons. The number of aliphatic hydroxyl groups is 4. The van der Waals surface area contributed by atoms with E-state index in [0.717, 1.165) is 0 Å². The van der Waals surface area contributed by atoms with Crippen molar-refractivity contribution in [3.8, 4) is 0 Å². The summed E-state index contributed by atoms with van der Waals surface area (Å²) >= 11 is 0. The molecule has 0 saturated carbocycles. The number of hydrogen-bond acceptors (Lipinski definition) is 5. The summed E-state index contributed by atoms with van der Waals surface area (Å²) in [6.07, 6.45) is -8.19. The highest BCUT2D eigenvalue weighted by Crippen LogP contribution is 2.21. The van der Waals surface area contributed by atoms with Crippen LogP contribution in [0, 0.1) is 0 Å². The van der Waals surface area contributed by atoms with Crippen molar-refractivity contribution in [1.82, 2.24) is 0 Å². The van der Waals surface area contributed by atoms with Crippen LogP contribution >= 0.6 is 0 Å². The standard InChI is InChI=1S/C6H11FO5/c7-3-2(1-8)12-6(11)5(10)4(3)9/h2-6,8-11H,1H2/t2?,3-,4?,5-,6-/m1/s1. The SMILES string of the molecule is OCC1O[C@@H](O)[C@H](O)C(O)[C@@H]1F. The zero-order chi connectivity index (χ0) is 9.30. The van der Waals surface area contributed by atoms with Gasteiger partial charge in [0.15, 0.2) is 12.5 Å². The van der Waals surface area contributed by atoms with Gasteiger partial charge < -0.3 is 25.2 Å². The molecule has 0 spiro atoms. The molecule has 0 amide bonds. The van der Waals surface area contributed by atoms with Crippen LogP contribution in [0.4, 0.5) is 4.39 Å². The van der Waals surface area contributed by atoms with E-state index in [9.17, 15) is 4.39 Å². The Balaban J connectivity index is 2.63. The van der Waals surface area contributed by atoms with Gasteiger partial charge in [-0.3, -0.25) is 0 Å². The fraction of sp³-hybridized carbons (Fsp3) is 1.00. The fourth-order valence-electron chi connectivity index (χ4n) is 1.06. The minimum atomic E-state index is -1.88. The average molecular weight is 182 g/mol. The molecule has 12 heavy (non-hydrogen) atoms. The summed E-state index contributed by atoms with van der Waals surface area (Å²) in [5, 5.41) is 35.2. The minimum Gasteiger partial charge on any atom is -0.394 e. The molecule has 1 saturated heterocycles. The lowest BCUT2D eigenvalue weighted by atomic mass is 10.0. The van der Waals surface area contributed by atoms with E-state index in [4.69, 9.17) is 20.4 Å². The Labute approximate surface area is 68.0 Å². The highest BCUT2D eigenvalue weighted by atomic mass is 19.1. The fourth-order valence-corrected chi connectivity index (χ4v) is 1.06. The van der Waals surface area contributed by atoms with Gasteiger partial charge in [-0.1, -0.05) is 0 Å². The van der Waals surface area contributed by atoms with Crippen LogP contribution in [0.1, 0.15) is 0 Å². The van der Waals surface area contributed by atoms with Crippen LogP contribution < -0.4 is 0 Å². The van der Waals surface area contributed by atoms with Crippen LogP contribution in [0.25, 0.3) is 0 Å². The summed E-state index contributed by atoms with van der Waals surface area (Å²) in [6.45, 7) is -0.651. The topological polar surface area (TPSA) is 90.2 Å². The highest BCUT2D eigenvalue weighted by molar-refractivity contribution is 4.88.